The summed E-state index contributed by atoms with van der Waals surface area (Å²) in [7, 11) is 0. The van der Waals surface area contributed by atoms with Crippen LogP contribution in [-0.2, 0) is 19.4 Å². The number of rotatable bonds is 9. The summed E-state index contributed by atoms with van der Waals surface area (Å²) in [4.78, 5) is 12.1. The Kier molecular flexibility index (Phi) is 10.8. The molecule has 0 aromatic heterocycles. The van der Waals surface area contributed by atoms with Crippen molar-refractivity contribution in [1.82, 2.24) is 10.0 Å². The number of hydrogen-bond donors (Lipinski definition) is 3. The van der Waals surface area contributed by atoms with Gasteiger partial charge >= 0.3 is 0 Å². The Hall–Kier alpha value is -1.82. The predicted octanol–water partition coefficient (Wildman–Crippen LogP) is 4.86. The Morgan fingerprint density at radius 2 is 1.62 bits per heavy atom. The second kappa shape index (κ2) is 13.4. The quantitative estimate of drug-likeness (QED) is 0.406. The average Bonchev–Trinajstić information content (AvgIpc) is 2.75. The zero-order valence-electron chi connectivity index (χ0n) is 17.8. The molecule has 4 N–H and O–H groups in total. The van der Waals surface area contributed by atoms with Gasteiger partial charge in [-0.1, -0.05) is 32.0 Å². The van der Waals surface area contributed by atoms with Crippen LogP contribution in [0.4, 0.5) is 0 Å². The first-order chi connectivity index (χ1) is 14.1. The third-order valence-electron chi connectivity index (χ3n) is 4.87. The second-order valence-electron chi connectivity index (χ2n) is 7.37. The predicted molar refractivity (Wildman–Crippen MR) is 124 cm³/mol. The van der Waals surface area contributed by atoms with Crippen LogP contribution in [-0.4, -0.2) is 19.0 Å². The van der Waals surface area contributed by atoms with E-state index >= 15 is 0 Å². The van der Waals surface area contributed by atoms with Gasteiger partial charge in [0.05, 0.1) is 0 Å². The van der Waals surface area contributed by atoms with Gasteiger partial charge in [0.2, 0.25) is 5.91 Å². The zero-order chi connectivity index (χ0) is 20.9. The summed E-state index contributed by atoms with van der Waals surface area (Å²) in [6, 6.07) is 14.1. The standard InChI is InChI=1S/C18H20N2OS.C6H15N/c19-18(21)15-7-9-17(10-8-15)22-20-12-13-5-6-14-3-1-2-4-16(14)11-13;1-3-5-7-6-4-2/h5-11,20H,1-4,12H2,(H2,19,21);7H,3-6H2,1-2H3. The number of primary amides is 1. The number of aryl methyl sites for hydroxylation is 2. The summed E-state index contributed by atoms with van der Waals surface area (Å²) in [5.74, 6) is -0.390. The molecule has 2 aromatic rings. The number of nitrogens with one attached hydrogen (secondary N) is 2. The lowest BCUT2D eigenvalue weighted by Gasteiger charge is -2.16. The van der Waals surface area contributed by atoms with Gasteiger partial charge in [0, 0.05) is 17.0 Å². The fourth-order valence-corrected chi connectivity index (χ4v) is 3.94. The molecule has 4 nitrogen and oxygen atoms in total. The number of fused-ring (bicyclic) bond motifs is 1. The molecule has 0 heterocycles. The summed E-state index contributed by atoms with van der Waals surface area (Å²) < 4.78 is 3.37. The number of carbonyl (C=O) groups is 1. The molecule has 1 amide bonds. The first-order valence-corrected chi connectivity index (χ1v) is 11.6. The molecule has 0 atom stereocenters. The van der Waals surface area contributed by atoms with Crippen molar-refractivity contribution in [3.05, 3.63) is 64.7 Å². The molecule has 3 rings (SSSR count). The molecule has 0 saturated carbocycles. The highest BCUT2D eigenvalue weighted by atomic mass is 32.2. The second-order valence-corrected chi connectivity index (χ2v) is 8.34. The minimum absolute atomic E-state index is 0.390. The topological polar surface area (TPSA) is 67.1 Å². The number of benzene rings is 2. The van der Waals surface area contributed by atoms with Gasteiger partial charge in [-0.3, -0.25) is 9.52 Å². The van der Waals surface area contributed by atoms with E-state index in [0.29, 0.717) is 5.56 Å². The van der Waals surface area contributed by atoms with Crippen LogP contribution >= 0.6 is 11.9 Å². The van der Waals surface area contributed by atoms with E-state index in [1.807, 2.05) is 12.1 Å². The normalized spacial score (nSPS) is 12.6. The van der Waals surface area contributed by atoms with Gasteiger partial charge in [0.25, 0.3) is 0 Å². The van der Waals surface area contributed by atoms with Crippen molar-refractivity contribution in [1.29, 1.82) is 0 Å². The van der Waals surface area contributed by atoms with E-state index in [9.17, 15) is 4.79 Å². The van der Waals surface area contributed by atoms with Crippen LogP contribution < -0.4 is 15.8 Å². The van der Waals surface area contributed by atoms with Gasteiger partial charge in [-0.05, 0) is 105 Å². The van der Waals surface area contributed by atoms with Crippen molar-refractivity contribution >= 4 is 17.9 Å². The molecule has 5 heteroatoms. The highest BCUT2D eigenvalue weighted by Crippen LogP contribution is 2.23. The van der Waals surface area contributed by atoms with Crippen LogP contribution in [0.2, 0.25) is 0 Å². The molecule has 29 heavy (non-hydrogen) atoms. The third kappa shape index (κ3) is 8.60. The number of nitrogens with two attached hydrogens (primary N) is 1. The molecule has 0 spiro atoms. The van der Waals surface area contributed by atoms with Gasteiger partial charge in [0.1, 0.15) is 0 Å². The molecular formula is C24H35N3OS. The highest BCUT2D eigenvalue weighted by Gasteiger charge is 2.09. The first kappa shape index (κ1) is 23.5. The molecule has 0 aliphatic heterocycles. The van der Waals surface area contributed by atoms with Crippen LogP contribution in [0.3, 0.4) is 0 Å². The van der Waals surface area contributed by atoms with Crippen LogP contribution in [0.1, 0.15) is 66.6 Å². The van der Waals surface area contributed by atoms with E-state index in [0.717, 1.165) is 11.4 Å². The molecule has 0 bridgehead atoms. The average molecular weight is 414 g/mol. The molecular weight excluding hydrogens is 378 g/mol. The van der Waals surface area contributed by atoms with Crippen LogP contribution in [0.25, 0.3) is 0 Å². The highest BCUT2D eigenvalue weighted by molar-refractivity contribution is 7.97. The molecule has 158 valence electrons. The number of amides is 1. The Labute approximate surface area is 180 Å². The van der Waals surface area contributed by atoms with Gasteiger partial charge in [0.15, 0.2) is 0 Å². The summed E-state index contributed by atoms with van der Waals surface area (Å²) >= 11 is 1.57. The van der Waals surface area contributed by atoms with Crippen molar-refractivity contribution < 1.29 is 4.79 Å². The van der Waals surface area contributed by atoms with Gasteiger partial charge in [-0.25, -0.2) is 0 Å². The maximum Gasteiger partial charge on any atom is 0.248 e. The third-order valence-corrected chi connectivity index (χ3v) is 5.67. The molecule has 1 aliphatic rings. The van der Waals surface area contributed by atoms with Crippen molar-refractivity contribution in [3.8, 4) is 0 Å². The maximum absolute atomic E-state index is 11.0. The van der Waals surface area contributed by atoms with Crippen molar-refractivity contribution in [2.75, 3.05) is 13.1 Å². The molecule has 0 fully saturated rings. The van der Waals surface area contributed by atoms with E-state index < -0.39 is 5.91 Å². The Balaban J connectivity index is 0.000000370. The molecule has 0 radical (unpaired) electrons. The largest absolute Gasteiger partial charge is 0.366 e. The maximum atomic E-state index is 11.0. The molecule has 0 saturated heterocycles. The van der Waals surface area contributed by atoms with E-state index in [4.69, 9.17) is 5.73 Å². The van der Waals surface area contributed by atoms with Gasteiger partial charge < -0.3 is 11.1 Å². The number of hydrogen-bond acceptors (Lipinski definition) is 4. The van der Waals surface area contributed by atoms with Crippen LogP contribution in [0.5, 0.6) is 0 Å². The van der Waals surface area contributed by atoms with Crippen molar-refractivity contribution in [3.63, 3.8) is 0 Å². The lowest BCUT2D eigenvalue weighted by molar-refractivity contribution is 0.1000. The fraction of sp³-hybridized carbons (Fsp3) is 0.458. The van der Waals surface area contributed by atoms with Crippen LogP contribution in [0.15, 0.2) is 47.4 Å². The summed E-state index contributed by atoms with van der Waals surface area (Å²) in [6.45, 7) is 7.54. The van der Waals surface area contributed by atoms with E-state index in [1.165, 1.54) is 68.3 Å². The number of carbonyl (C=O) groups excluding carboxylic acids is 1. The van der Waals surface area contributed by atoms with Crippen LogP contribution in [0, 0.1) is 0 Å². The van der Waals surface area contributed by atoms with Gasteiger partial charge in [-0.15, -0.1) is 0 Å². The molecule has 2 aromatic carbocycles. The van der Waals surface area contributed by atoms with E-state index in [1.54, 1.807) is 24.1 Å². The van der Waals surface area contributed by atoms with E-state index in [-0.39, 0.29) is 0 Å². The van der Waals surface area contributed by atoms with Crippen molar-refractivity contribution in [2.24, 2.45) is 5.73 Å². The zero-order valence-corrected chi connectivity index (χ0v) is 18.6. The van der Waals surface area contributed by atoms with Gasteiger partial charge in [-0.2, -0.15) is 0 Å². The summed E-state index contributed by atoms with van der Waals surface area (Å²) in [5, 5.41) is 3.28. The smallest absolute Gasteiger partial charge is 0.248 e. The first-order valence-electron chi connectivity index (χ1n) is 10.7. The lowest BCUT2D eigenvalue weighted by Crippen LogP contribution is -2.14. The Morgan fingerprint density at radius 1 is 0.966 bits per heavy atom. The van der Waals surface area contributed by atoms with Crippen molar-refractivity contribution in [2.45, 2.75) is 63.8 Å². The minimum Gasteiger partial charge on any atom is -0.366 e. The minimum atomic E-state index is -0.390. The SMILES string of the molecule is CCCNCCC.NC(=O)c1ccc(SNCc2ccc3c(c2)CCCC3)cc1. The van der Waals surface area contributed by atoms with E-state index in [2.05, 4.69) is 42.1 Å². The monoisotopic (exact) mass is 413 g/mol. The summed E-state index contributed by atoms with van der Waals surface area (Å²) in [5.41, 5.74) is 10.1. The fourth-order valence-electron chi connectivity index (χ4n) is 3.27. The Bertz CT molecular complexity index is 742. The molecule has 0 unspecified atom stereocenters. The molecule has 1 aliphatic carbocycles. The lowest BCUT2D eigenvalue weighted by atomic mass is 9.90. The Morgan fingerprint density at radius 3 is 2.24 bits per heavy atom. The summed E-state index contributed by atoms with van der Waals surface area (Å²) in [6.07, 6.45) is 7.57.